The van der Waals surface area contributed by atoms with E-state index >= 15 is 0 Å². The fourth-order valence-electron chi connectivity index (χ4n) is 3.05. The third kappa shape index (κ3) is 5.99. The zero-order valence-corrected chi connectivity index (χ0v) is 17.9. The zero-order chi connectivity index (χ0) is 20.8. The summed E-state index contributed by atoms with van der Waals surface area (Å²) in [4.78, 5) is 15.1. The summed E-state index contributed by atoms with van der Waals surface area (Å²) in [5, 5.41) is 2.95. The van der Waals surface area contributed by atoms with Gasteiger partial charge in [0.05, 0.1) is 24.7 Å². The van der Waals surface area contributed by atoms with Crippen molar-refractivity contribution in [2.24, 2.45) is 0 Å². The third-order valence-electron chi connectivity index (χ3n) is 4.91. The standard InChI is InChI=1S/C19H31N3O5S/c1-15-5-6-16(28(24,25)21-7-10-26-4)13-17(15)18(23)20-14-19(2,3)22-8-11-27-12-9-22/h5-6,13,21H,7-12,14H2,1-4H3,(H,20,23). The number of amides is 1. The van der Waals surface area contributed by atoms with Gasteiger partial charge in [0.25, 0.3) is 5.91 Å². The maximum atomic E-state index is 12.7. The Morgan fingerprint density at radius 2 is 1.96 bits per heavy atom. The van der Waals surface area contributed by atoms with Crippen LogP contribution in [0.1, 0.15) is 29.8 Å². The van der Waals surface area contributed by atoms with Crippen LogP contribution in [0.3, 0.4) is 0 Å². The molecular formula is C19H31N3O5S. The lowest BCUT2D eigenvalue weighted by Gasteiger charge is -2.40. The first kappa shape index (κ1) is 22.8. The summed E-state index contributed by atoms with van der Waals surface area (Å²) in [6, 6.07) is 4.56. The van der Waals surface area contributed by atoms with Crippen molar-refractivity contribution in [1.29, 1.82) is 0 Å². The van der Waals surface area contributed by atoms with Crippen LogP contribution < -0.4 is 10.0 Å². The summed E-state index contributed by atoms with van der Waals surface area (Å²) < 4.78 is 37.5. The first-order valence-electron chi connectivity index (χ1n) is 9.37. The van der Waals surface area contributed by atoms with Crippen molar-refractivity contribution in [3.8, 4) is 0 Å². The molecule has 0 aromatic heterocycles. The molecule has 0 atom stereocenters. The topological polar surface area (TPSA) is 97.0 Å². The van der Waals surface area contributed by atoms with Gasteiger partial charge < -0.3 is 14.8 Å². The number of sulfonamides is 1. The van der Waals surface area contributed by atoms with E-state index in [0.29, 0.717) is 25.3 Å². The number of benzene rings is 1. The van der Waals surface area contributed by atoms with Crippen molar-refractivity contribution in [3.63, 3.8) is 0 Å². The van der Waals surface area contributed by atoms with E-state index in [2.05, 4.69) is 28.8 Å². The molecule has 0 aliphatic carbocycles. The number of nitrogens with one attached hydrogen (secondary N) is 2. The highest BCUT2D eigenvalue weighted by molar-refractivity contribution is 7.89. The van der Waals surface area contributed by atoms with E-state index in [4.69, 9.17) is 9.47 Å². The monoisotopic (exact) mass is 413 g/mol. The van der Waals surface area contributed by atoms with Crippen molar-refractivity contribution < 1.29 is 22.7 Å². The van der Waals surface area contributed by atoms with E-state index in [1.54, 1.807) is 13.0 Å². The van der Waals surface area contributed by atoms with E-state index < -0.39 is 10.0 Å². The maximum Gasteiger partial charge on any atom is 0.251 e. The van der Waals surface area contributed by atoms with Crippen LogP contribution in [0.25, 0.3) is 0 Å². The summed E-state index contributed by atoms with van der Waals surface area (Å²) in [5.41, 5.74) is 0.851. The van der Waals surface area contributed by atoms with Crippen LogP contribution in [0.15, 0.2) is 23.1 Å². The van der Waals surface area contributed by atoms with Crippen LogP contribution in [0.5, 0.6) is 0 Å². The number of hydrogen-bond donors (Lipinski definition) is 2. The molecule has 0 radical (unpaired) electrons. The predicted octanol–water partition coefficient (Wildman–Crippen LogP) is 0.760. The average Bonchev–Trinajstić information content (AvgIpc) is 2.67. The molecular weight excluding hydrogens is 382 g/mol. The summed E-state index contributed by atoms with van der Waals surface area (Å²) >= 11 is 0. The Bertz CT molecular complexity index is 774. The first-order valence-corrected chi connectivity index (χ1v) is 10.9. The molecule has 1 heterocycles. The van der Waals surface area contributed by atoms with Crippen molar-refractivity contribution in [2.45, 2.75) is 31.2 Å². The van der Waals surface area contributed by atoms with Gasteiger partial charge in [0.2, 0.25) is 10.0 Å². The molecule has 1 fully saturated rings. The van der Waals surface area contributed by atoms with E-state index in [9.17, 15) is 13.2 Å². The van der Waals surface area contributed by atoms with E-state index in [0.717, 1.165) is 18.7 Å². The van der Waals surface area contributed by atoms with Gasteiger partial charge in [-0.2, -0.15) is 0 Å². The van der Waals surface area contributed by atoms with Gasteiger partial charge in [-0.3, -0.25) is 9.69 Å². The molecule has 158 valence electrons. The zero-order valence-electron chi connectivity index (χ0n) is 17.1. The minimum absolute atomic E-state index is 0.0618. The smallest absolute Gasteiger partial charge is 0.251 e. The lowest BCUT2D eigenvalue weighted by atomic mass is 10.0. The SMILES string of the molecule is COCCNS(=O)(=O)c1ccc(C)c(C(=O)NCC(C)(C)N2CCOCC2)c1. The number of carbonyl (C=O) groups is 1. The number of methoxy groups -OCH3 is 1. The van der Waals surface area contributed by atoms with Crippen molar-refractivity contribution in [3.05, 3.63) is 29.3 Å². The molecule has 0 saturated carbocycles. The van der Waals surface area contributed by atoms with Crippen molar-refractivity contribution in [1.82, 2.24) is 14.9 Å². The Kier molecular flexibility index (Phi) is 7.97. The van der Waals surface area contributed by atoms with Crippen LogP contribution >= 0.6 is 0 Å². The molecule has 9 heteroatoms. The third-order valence-corrected chi connectivity index (χ3v) is 6.37. The molecule has 2 N–H and O–H groups in total. The van der Waals surface area contributed by atoms with Gasteiger partial charge in [-0.25, -0.2) is 13.1 Å². The number of nitrogens with zero attached hydrogens (tertiary/aromatic N) is 1. The molecule has 1 aliphatic heterocycles. The van der Waals surface area contributed by atoms with Gasteiger partial charge in [-0.1, -0.05) is 6.07 Å². The Labute approximate surface area is 167 Å². The summed E-state index contributed by atoms with van der Waals surface area (Å²) in [7, 11) is -2.20. The minimum Gasteiger partial charge on any atom is -0.383 e. The van der Waals surface area contributed by atoms with Crippen molar-refractivity contribution in [2.75, 3.05) is 53.1 Å². The highest BCUT2D eigenvalue weighted by atomic mass is 32.2. The van der Waals surface area contributed by atoms with Gasteiger partial charge in [0.1, 0.15) is 0 Å². The quantitative estimate of drug-likeness (QED) is 0.580. The lowest BCUT2D eigenvalue weighted by molar-refractivity contribution is -0.00923. The first-order chi connectivity index (χ1) is 13.2. The van der Waals surface area contributed by atoms with Crippen LogP contribution in [-0.4, -0.2) is 77.9 Å². The Hall–Kier alpha value is -1.52. The Morgan fingerprint density at radius 3 is 2.61 bits per heavy atom. The van der Waals surface area contributed by atoms with Crippen LogP contribution in [0.4, 0.5) is 0 Å². The molecule has 1 aromatic rings. The number of carbonyl (C=O) groups excluding carboxylic acids is 1. The highest BCUT2D eigenvalue weighted by Crippen LogP contribution is 2.18. The largest absolute Gasteiger partial charge is 0.383 e. The Balaban J connectivity index is 2.08. The summed E-state index contributed by atoms with van der Waals surface area (Å²) in [5.74, 6) is -0.284. The molecule has 0 bridgehead atoms. The number of rotatable bonds is 9. The second kappa shape index (κ2) is 9.80. The number of ether oxygens (including phenoxy) is 2. The van der Waals surface area contributed by atoms with E-state index in [1.165, 1.54) is 19.2 Å². The molecule has 1 amide bonds. The average molecular weight is 414 g/mol. The molecule has 8 nitrogen and oxygen atoms in total. The molecule has 28 heavy (non-hydrogen) atoms. The van der Waals surface area contributed by atoms with Crippen LogP contribution in [0.2, 0.25) is 0 Å². The van der Waals surface area contributed by atoms with Gasteiger partial charge >= 0.3 is 0 Å². The van der Waals surface area contributed by atoms with Gasteiger partial charge in [-0.15, -0.1) is 0 Å². The number of hydrogen-bond acceptors (Lipinski definition) is 6. The summed E-state index contributed by atoms with van der Waals surface area (Å²) in [6.45, 7) is 9.85. The highest BCUT2D eigenvalue weighted by Gasteiger charge is 2.29. The van der Waals surface area contributed by atoms with Crippen LogP contribution in [0, 0.1) is 6.92 Å². The van der Waals surface area contributed by atoms with Gasteiger partial charge in [0.15, 0.2) is 0 Å². The molecule has 0 unspecified atom stereocenters. The van der Waals surface area contributed by atoms with Gasteiger partial charge in [0, 0.05) is 44.4 Å². The minimum atomic E-state index is -3.70. The van der Waals surface area contributed by atoms with Gasteiger partial charge in [-0.05, 0) is 38.5 Å². The molecule has 1 aliphatic rings. The van der Waals surface area contributed by atoms with E-state index in [1.807, 2.05) is 0 Å². The van der Waals surface area contributed by atoms with E-state index in [-0.39, 0.29) is 29.5 Å². The second-order valence-electron chi connectivity index (χ2n) is 7.46. The number of morpholine rings is 1. The second-order valence-corrected chi connectivity index (χ2v) is 9.23. The number of aryl methyl sites for hydroxylation is 1. The predicted molar refractivity (Wildman–Crippen MR) is 107 cm³/mol. The fraction of sp³-hybridized carbons (Fsp3) is 0.632. The fourth-order valence-corrected chi connectivity index (χ4v) is 4.09. The van der Waals surface area contributed by atoms with Crippen molar-refractivity contribution >= 4 is 15.9 Å². The summed E-state index contributed by atoms with van der Waals surface area (Å²) in [6.07, 6.45) is 0. The molecule has 0 spiro atoms. The lowest BCUT2D eigenvalue weighted by Crippen LogP contribution is -2.55. The molecule has 1 saturated heterocycles. The van der Waals surface area contributed by atoms with Crippen LogP contribution in [-0.2, 0) is 19.5 Å². The Morgan fingerprint density at radius 1 is 1.29 bits per heavy atom. The molecule has 2 rings (SSSR count). The normalized spacial score (nSPS) is 16.1. The molecule has 1 aromatic carbocycles. The maximum absolute atomic E-state index is 12.7.